The van der Waals surface area contributed by atoms with E-state index in [4.69, 9.17) is 9.47 Å². The van der Waals surface area contributed by atoms with Crippen LogP contribution in [-0.4, -0.2) is 34.4 Å². The number of nitrogens with zero attached hydrogens (tertiary/aromatic N) is 1. The number of carbonyl (C=O) groups is 1. The van der Waals surface area contributed by atoms with Gasteiger partial charge in [0, 0.05) is 17.0 Å². The normalized spacial score (nSPS) is 13.0. The lowest BCUT2D eigenvalue weighted by atomic mass is 10.0. The van der Waals surface area contributed by atoms with Gasteiger partial charge in [0.1, 0.15) is 19.0 Å². The molecule has 1 aliphatic rings. The molecule has 120 valence electrons. The number of phenols is 1. The molecule has 2 heterocycles. The van der Waals surface area contributed by atoms with Crippen molar-refractivity contribution in [1.29, 1.82) is 0 Å². The largest absolute Gasteiger partial charge is 0.508 e. The minimum atomic E-state index is -1.06. The van der Waals surface area contributed by atoms with Gasteiger partial charge in [-0.3, -0.25) is 0 Å². The van der Waals surface area contributed by atoms with Gasteiger partial charge in [-0.15, -0.1) is 0 Å². The number of ether oxygens (including phenoxy) is 2. The minimum absolute atomic E-state index is 0.0912. The quantitative estimate of drug-likeness (QED) is 0.753. The predicted octanol–water partition coefficient (Wildman–Crippen LogP) is 3.08. The zero-order valence-corrected chi connectivity index (χ0v) is 12.5. The number of carboxylic acid groups (broad SMARTS) is 1. The molecule has 1 aliphatic heterocycles. The molecule has 24 heavy (non-hydrogen) atoms. The highest BCUT2D eigenvalue weighted by molar-refractivity contribution is 6.04. The Hall–Kier alpha value is -3.28. The number of benzene rings is 2. The van der Waals surface area contributed by atoms with Gasteiger partial charge in [0.15, 0.2) is 11.5 Å². The number of aromatic nitrogens is 1. The van der Waals surface area contributed by atoms with Crippen molar-refractivity contribution in [2.45, 2.75) is 0 Å². The molecule has 0 saturated carbocycles. The zero-order chi connectivity index (χ0) is 16.7. The molecule has 2 N–H and O–H groups in total. The number of hydrogen-bond donors (Lipinski definition) is 2. The number of aromatic carboxylic acids is 1. The second kappa shape index (κ2) is 5.42. The summed E-state index contributed by atoms with van der Waals surface area (Å²) in [5, 5.41) is 19.7. The maximum Gasteiger partial charge on any atom is 0.336 e. The van der Waals surface area contributed by atoms with Gasteiger partial charge in [-0.05, 0) is 24.3 Å². The second-order valence-corrected chi connectivity index (χ2v) is 5.42. The van der Waals surface area contributed by atoms with Crippen LogP contribution in [0, 0.1) is 0 Å². The fourth-order valence-corrected chi connectivity index (χ4v) is 2.75. The Bertz CT molecular complexity index is 967. The fourth-order valence-electron chi connectivity index (χ4n) is 2.75. The van der Waals surface area contributed by atoms with Crippen molar-refractivity contribution < 1.29 is 24.5 Å². The summed E-state index contributed by atoms with van der Waals surface area (Å²) in [5.41, 5.74) is 1.72. The molecule has 6 heteroatoms. The SMILES string of the molecule is O=C(O)c1cc(-c2cccc(O)c2)nc2cc3c(cc12)OCCO3. The summed E-state index contributed by atoms with van der Waals surface area (Å²) in [7, 11) is 0. The van der Waals surface area contributed by atoms with Crippen molar-refractivity contribution in [2.75, 3.05) is 13.2 Å². The molecule has 3 aromatic rings. The molecule has 2 aromatic carbocycles. The average Bonchev–Trinajstić information content (AvgIpc) is 2.58. The summed E-state index contributed by atoms with van der Waals surface area (Å²) in [5.74, 6) is 0.0998. The van der Waals surface area contributed by atoms with E-state index in [1.807, 2.05) is 0 Å². The highest BCUT2D eigenvalue weighted by Crippen LogP contribution is 2.36. The summed E-state index contributed by atoms with van der Waals surface area (Å²) in [6.45, 7) is 0.867. The molecule has 0 amide bonds. The molecule has 0 aliphatic carbocycles. The molecule has 0 atom stereocenters. The van der Waals surface area contributed by atoms with Gasteiger partial charge >= 0.3 is 5.97 Å². The highest BCUT2D eigenvalue weighted by Gasteiger charge is 2.19. The summed E-state index contributed by atoms with van der Waals surface area (Å²) in [6.07, 6.45) is 0. The number of pyridine rings is 1. The molecule has 0 bridgehead atoms. The highest BCUT2D eigenvalue weighted by atomic mass is 16.6. The Morgan fingerprint density at radius 2 is 1.79 bits per heavy atom. The Morgan fingerprint density at radius 1 is 1.04 bits per heavy atom. The van der Waals surface area contributed by atoms with Gasteiger partial charge in [-0.1, -0.05) is 12.1 Å². The van der Waals surface area contributed by atoms with Gasteiger partial charge in [0.25, 0.3) is 0 Å². The minimum Gasteiger partial charge on any atom is -0.508 e. The van der Waals surface area contributed by atoms with Crippen molar-refractivity contribution in [3.05, 3.63) is 48.0 Å². The predicted molar refractivity (Wildman–Crippen MR) is 86.8 cm³/mol. The molecular formula is C18H13NO5. The Kier molecular flexibility index (Phi) is 3.23. The van der Waals surface area contributed by atoms with Crippen molar-refractivity contribution in [1.82, 2.24) is 4.98 Å². The van der Waals surface area contributed by atoms with Gasteiger partial charge in [0.05, 0.1) is 16.8 Å². The van der Waals surface area contributed by atoms with E-state index in [1.54, 1.807) is 30.3 Å². The van der Waals surface area contributed by atoms with Crippen LogP contribution in [0.15, 0.2) is 42.5 Å². The zero-order valence-electron chi connectivity index (χ0n) is 12.5. The van der Waals surface area contributed by atoms with Gasteiger partial charge < -0.3 is 19.7 Å². The van der Waals surface area contributed by atoms with Gasteiger partial charge in [0.2, 0.25) is 0 Å². The second-order valence-electron chi connectivity index (χ2n) is 5.42. The molecule has 0 unspecified atom stereocenters. The van der Waals surface area contributed by atoms with Crippen molar-refractivity contribution in [3.63, 3.8) is 0 Å². The van der Waals surface area contributed by atoms with Crippen LogP contribution in [0.4, 0.5) is 0 Å². The number of phenolic OH excluding ortho intramolecular Hbond substituents is 1. The van der Waals surface area contributed by atoms with Crippen LogP contribution in [0.25, 0.3) is 22.2 Å². The van der Waals surface area contributed by atoms with Crippen LogP contribution in [-0.2, 0) is 0 Å². The summed E-state index contributed by atoms with van der Waals surface area (Å²) >= 11 is 0. The smallest absolute Gasteiger partial charge is 0.336 e. The van der Waals surface area contributed by atoms with E-state index in [9.17, 15) is 15.0 Å². The lowest BCUT2D eigenvalue weighted by Crippen LogP contribution is -2.15. The summed E-state index contributed by atoms with van der Waals surface area (Å²) in [4.78, 5) is 16.2. The summed E-state index contributed by atoms with van der Waals surface area (Å²) in [6, 6.07) is 11.4. The van der Waals surface area contributed by atoms with Crippen LogP contribution < -0.4 is 9.47 Å². The third-order valence-corrected chi connectivity index (χ3v) is 3.84. The Morgan fingerprint density at radius 3 is 2.50 bits per heavy atom. The van der Waals surface area contributed by atoms with E-state index in [2.05, 4.69) is 4.98 Å². The molecule has 1 aromatic heterocycles. The maximum atomic E-state index is 11.7. The molecule has 0 saturated heterocycles. The first-order valence-corrected chi connectivity index (χ1v) is 7.39. The van der Waals surface area contributed by atoms with E-state index >= 15 is 0 Å². The lowest BCUT2D eigenvalue weighted by Gasteiger charge is -2.19. The molecule has 0 radical (unpaired) electrons. The first-order chi connectivity index (χ1) is 11.6. The van der Waals surface area contributed by atoms with Gasteiger partial charge in [-0.25, -0.2) is 9.78 Å². The molecule has 0 spiro atoms. The van der Waals surface area contributed by atoms with Crippen LogP contribution >= 0.6 is 0 Å². The number of aromatic hydroxyl groups is 1. The number of rotatable bonds is 2. The third-order valence-electron chi connectivity index (χ3n) is 3.84. The molecule has 4 rings (SSSR count). The number of fused-ring (bicyclic) bond motifs is 2. The standard InChI is InChI=1S/C18H13NO5/c20-11-3-1-2-10(6-11)14-7-13(18(21)22)12-8-16-17(9-15(12)19-14)24-5-4-23-16/h1-3,6-9,20H,4-5H2,(H,21,22). The Balaban J connectivity index is 1.98. The number of hydrogen-bond acceptors (Lipinski definition) is 5. The van der Waals surface area contributed by atoms with Crippen molar-refractivity contribution in [3.8, 4) is 28.5 Å². The van der Waals surface area contributed by atoms with Crippen molar-refractivity contribution >= 4 is 16.9 Å². The van der Waals surface area contributed by atoms with Gasteiger partial charge in [-0.2, -0.15) is 0 Å². The summed E-state index contributed by atoms with van der Waals surface area (Å²) < 4.78 is 11.1. The monoisotopic (exact) mass is 323 g/mol. The first-order valence-electron chi connectivity index (χ1n) is 7.39. The topological polar surface area (TPSA) is 88.9 Å². The molecular weight excluding hydrogens is 310 g/mol. The van der Waals surface area contributed by atoms with E-state index in [1.165, 1.54) is 12.1 Å². The van der Waals surface area contributed by atoms with Crippen molar-refractivity contribution in [2.24, 2.45) is 0 Å². The number of carboxylic acids is 1. The van der Waals surface area contributed by atoms with E-state index in [0.717, 1.165) is 0 Å². The van der Waals surface area contributed by atoms with Crippen LogP contribution in [0.5, 0.6) is 17.2 Å². The lowest BCUT2D eigenvalue weighted by molar-refractivity contribution is 0.0699. The third kappa shape index (κ3) is 2.38. The maximum absolute atomic E-state index is 11.7. The Labute approximate surface area is 136 Å². The van der Waals surface area contributed by atoms with E-state index in [-0.39, 0.29) is 11.3 Å². The van der Waals surface area contributed by atoms with E-state index in [0.29, 0.717) is 46.9 Å². The molecule has 6 nitrogen and oxygen atoms in total. The fraction of sp³-hybridized carbons (Fsp3) is 0.111. The van der Waals surface area contributed by atoms with Crippen LogP contribution in [0.1, 0.15) is 10.4 Å². The average molecular weight is 323 g/mol. The first kappa shape index (κ1) is 14.3. The van der Waals surface area contributed by atoms with Crippen LogP contribution in [0.2, 0.25) is 0 Å². The van der Waals surface area contributed by atoms with Crippen LogP contribution in [0.3, 0.4) is 0 Å². The van der Waals surface area contributed by atoms with E-state index < -0.39 is 5.97 Å². The molecule has 0 fully saturated rings.